The molecule has 1 atom stereocenters. The van der Waals surface area contributed by atoms with Crippen molar-refractivity contribution in [3.63, 3.8) is 0 Å². The van der Waals surface area contributed by atoms with Crippen molar-refractivity contribution < 1.29 is 28.7 Å². The van der Waals surface area contributed by atoms with Crippen molar-refractivity contribution in [2.45, 2.75) is 65.0 Å². The number of rotatable bonds is 18. The number of nitrogens with two attached hydrogens (primary N) is 2. The van der Waals surface area contributed by atoms with E-state index in [0.29, 0.717) is 58.5 Å². The molecule has 11 nitrogen and oxygen atoms in total. The second-order valence-electron chi connectivity index (χ2n) is 8.82. The Balaban J connectivity index is 4.13. The van der Waals surface area contributed by atoms with Gasteiger partial charge in [0, 0.05) is 18.6 Å². The molecule has 32 heavy (non-hydrogen) atoms. The summed E-state index contributed by atoms with van der Waals surface area (Å²) in [5.41, 5.74) is 9.48. The third kappa shape index (κ3) is 14.7. The minimum absolute atomic E-state index is 0.239. The van der Waals surface area contributed by atoms with Gasteiger partial charge in [-0.25, -0.2) is 4.79 Å². The van der Waals surface area contributed by atoms with Crippen LogP contribution in [0.2, 0.25) is 0 Å². The molecule has 0 bridgehead atoms. The highest BCUT2D eigenvalue weighted by atomic mass is 16.5. The molecule has 0 fully saturated rings. The first-order valence-corrected chi connectivity index (χ1v) is 10.9. The summed E-state index contributed by atoms with van der Waals surface area (Å²) in [6, 6.07) is -1.35. The standard InChI is InChI=1S/C21H41N5O6/c1-20(2,8-11-31-12-13-32-21(3,4)7-9-22)18(29)25-14-17(28)26-16(15-27)6-5-10-24-19(23)30/h15-16H,5-14,22H2,1-4H3,(H,25,29)(H,26,28)(H3,23,24,30). The molecule has 186 valence electrons. The van der Waals surface area contributed by atoms with Gasteiger partial charge in [0.25, 0.3) is 0 Å². The largest absolute Gasteiger partial charge is 0.379 e. The van der Waals surface area contributed by atoms with Crippen molar-refractivity contribution >= 4 is 24.1 Å². The van der Waals surface area contributed by atoms with Crippen LogP contribution in [0.25, 0.3) is 0 Å². The molecular weight excluding hydrogens is 418 g/mol. The maximum absolute atomic E-state index is 12.4. The van der Waals surface area contributed by atoms with Gasteiger partial charge in [0.15, 0.2) is 0 Å². The maximum Gasteiger partial charge on any atom is 0.312 e. The molecule has 0 aromatic heterocycles. The van der Waals surface area contributed by atoms with Crippen molar-refractivity contribution in [1.29, 1.82) is 0 Å². The van der Waals surface area contributed by atoms with Gasteiger partial charge >= 0.3 is 6.03 Å². The second kappa shape index (κ2) is 15.5. The molecule has 0 saturated carbocycles. The van der Waals surface area contributed by atoms with Gasteiger partial charge in [0.05, 0.1) is 31.4 Å². The van der Waals surface area contributed by atoms with Gasteiger partial charge in [-0.05, 0) is 46.1 Å². The van der Waals surface area contributed by atoms with Crippen LogP contribution in [-0.2, 0) is 23.9 Å². The van der Waals surface area contributed by atoms with Gasteiger partial charge in [-0.3, -0.25) is 9.59 Å². The Labute approximate surface area is 190 Å². The van der Waals surface area contributed by atoms with E-state index in [0.717, 1.165) is 6.42 Å². The fourth-order valence-electron chi connectivity index (χ4n) is 2.71. The normalized spacial score (nSPS) is 12.7. The Morgan fingerprint density at radius 3 is 2.31 bits per heavy atom. The Bertz CT molecular complexity index is 597. The zero-order chi connectivity index (χ0) is 24.6. The number of amides is 4. The van der Waals surface area contributed by atoms with Gasteiger partial charge in [-0.15, -0.1) is 0 Å². The van der Waals surface area contributed by atoms with E-state index < -0.39 is 23.4 Å². The summed E-state index contributed by atoms with van der Waals surface area (Å²) in [5.74, 6) is -0.757. The molecule has 0 aromatic carbocycles. The number of carbonyl (C=O) groups excluding carboxylic acids is 4. The molecule has 1 unspecified atom stereocenters. The number of aldehydes is 1. The summed E-state index contributed by atoms with van der Waals surface area (Å²) in [6.45, 7) is 9.34. The van der Waals surface area contributed by atoms with Crippen molar-refractivity contribution in [2.75, 3.05) is 39.5 Å². The van der Waals surface area contributed by atoms with Crippen molar-refractivity contribution in [2.24, 2.45) is 16.9 Å². The van der Waals surface area contributed by atoms with E-state index >= 15 is 0 Å². The van der Waals surface area contributed by atoms with Crippen molar-refractivity contribution in [3.05, 3.63) is 0 Å². The fraction of sp³-hybridized carbons (Fsp3) is 0.810. The molecule has 0 aliphatic rings. The summed E-state index contributed by atoms with van der Waals surface area (Å²) >= 11 is 0. The molecule has 11 heteroatoms. The fourth-order valence-corrected chi connectivity index (χ4v) is 2.71. The van der Waals surface area contributed by atoms with E-state index in [1.165, 1.54) is 0 Å². The van der Waals surface area contributed by atoms with Crippen LogP contribution in [0.15, 0.2) is 0 Å². The molecule has 0 rings (SSSR count). The van der Waals surface area contributed by atoms with E-state index in [-0.39, 0.29) is 18.1 Å². The average molecular weight is 460 g/mol. The lowest BCUT2D eigenvalue weighted by atomic mass is 9.88. The zero-order valence-corrected chi connectivity index (χ0v) is 19.8. The Morgan fingerprint density at radius 1 is 1.03 bits per heavy atom. The number of nitrogens with one attached hydrogen (secondary N) is 3. The van der Waals surface area contributed by atoms with Crippen LogP contribution in [0.5, 0.6) is 0 Å². The first kappa shape index (κ1) is 29.8. The molecule has 0 radical (unpaired) electrons. The molecule has 0 saturated heterocycles. The topological polar surface area (TPSA) is 175 Å². The van der Waals surface area contributed by atoms with Crippen LogP contribution in [0.1, 0.15) is 53.4 Å². The van der Waals surface area contributed by atoms with Crippen LogP contribution < -0.4 is 27.4 Å². The van der Waals surface area contributed by atoms with Crippen molar-refractivity contribution in [3.8, 4) is 0 Å². The molecule has 0 aliphatic carbocycles. The predicted molar refractivity (Wildman–Crippen MR) is 121 cm³/mol. The average Bonchev–Trinajstić information content (AvgIpc) is 2.70. The number of ether oxygens (including phenoxy) is 2. The van der Waals surface area contributed by atoms with Crippen LogP contribution in [0.4, 0.5) is 4.79 Å². The Hall–Kier alpha value is -2.24. The lowest BCUT2D eigenvalue weighted by Crippen LogP contribution is -2.46. The third-order valence-corrected chi connectivity index (χ3v) is 4.86. The van der Waals surface area contributed by atoms with E-state index in [4.69, 9.17) is 20.9 Å². The van der Waals surface area contributed by atoms with E-state index in [2.05, 4.69) is 16.0 Å². The maximum atomic E-state index is 12.4. The second-order valence-corrected chi connectivity index (χ2v) is 8.82. The van der Waals surface area contributed by atoms with Gasteiger partial charge < -0.3 is 41.7 Å². The monoisotopic (exact) mass is 459 g/mol. The Morgan fingerprint density at radius 2 is 1.72 bits per heavy atom. The number of urea groups is 1. The summed E-state index contributed by atoms with van der Waals surface area (Å²) in [5, 5.41) is 7.53. The summed E-state index contributed by atoms with van der Waals surface area (Å²) in [4.78, 5) is 46.2. The molecule has 0 spiro atoms. The summed E-state index contributed by atoms with van der Waals surface area (Å²) in [7, 11) is 0. The number of hydrogen-bond acceptors (Lipinski definition) is 7. The van der Waals surface area contributed by atoms with E-state index in [1.54, 1.807) is 13.8 Å². The highest BCUT2D eigenvalue weighted by Gasteiger charge is 2.27. The van der Waals surface area contributed by atoms with Crippen molar-refractivity contribution in [1.82, 2.24) is 16.0 Å². The highest BCUT2D eigenvalue weighted by Crippen LogP contribution is 2.20. The number of hydrogen-bond donors (Lipinski definition) is 5. The van der Waals surface area contributed by atoms with Crippen LogP contribution in [0, 0.1) is 5.41 Å². The van der Waals surface area contributed by atoms with Gasteiger partial charge in [0.1, 0.15) is 6.29 Å². The third-order valence-electron chi connectivity index (χ3n) is 4.86. The SMILES string of the molecule is CC(C)(CCN)OCCOCCC(C)(C)C(=O)NCC(=O)NC(C=O)CCCNC(N)=O. The molecular formula is C21H41N5O6. The minimum atomic E-state index is -0.732. The Kier molecular flexibility index (Phi) is 14.5. The van der Waals surface area contributed by atoms with Crippen LogP contribution >= 0.6 is 0 Å². The van der Waals surface area contributed by atoms with E-state index in [1.807, 2.05) is 13.8 Å². The first-order valence-electron chi connectivity index (χ1n) is 10.9. The summed E-state index contributed by atoms with van der Waals surface area (Å²) in [6.07, 6.45) is 2.66. The predicted octanol–water partition coefficient (Wildman–Crippen LogP) is -0.188. The first-order chi connectivity index (χ1) is 14.9. The molecule has 4 amide bonds. The quantitative estimate of drug-likeness (QED) is 0.139. The number of primary amides is 1. The van der Waals surface area contributed by atoms with Gasteiger partial charge in [-0.2, -0.15) is 0 Å². The van der Waals surface area contributed by atoms with Crippen LogP contribution in [0.3, 0.4) is 0 Å². The summed E-state index contributed by atoms with van der Waals surface area (Å²) < 4.78 is 11.3. The lowest BCUT2D eigenvalue weighted by molar-refractivity contribution is -0.133. The molecule has 0 aromatic rings. The van der Waals surface area contributed by atoms with E-state index in [9.17, 15) is 19.2 Å². The zero-order valence-electron chi connectivity index (χ0n) is 19.8. The molecule has 7 N–H and O–H groups in total. The minimum Gasteiger partial charge on any atom is -0.379 e. The highest BCUT2D eigenvalue weighted by molar-refractivity contribution is 5.88. The smallest absolute Gasteiger partial charge is 0.312 e. The van der Waals surface area contributed by atoms with Gasteiger partial charge in [0.2, 0.25) is 11.8 Å². The van der Waals surface area contributed by atoms with Gasteiger partial charge in [-0.1, -0.05) is 13.8 Å². The van der Waals surface area contributed by atoms with Crippen LogP contribution in [-0.4, -0.2) is 75.2 Å². The molecule has 0 aliphatic heterocycles. The lowest BCUT2D eigenvalue weighted by Gasteiger charge is -2.25. The molecule has 0 heterocycles. The number of carbonyl (C=O) groups is 4.